The van der Waals surface area contributed by atoms with Crippen LogP contribution in [0.5, 0.6) is 0 Å². The second-order valence-corrected chi connectivity index (χ2v) is 4.22. The summed E-state index contributed by atoms with van der Waals surface area (Å²) >= 11 is 0. The highest BCUT2D eigenvalue weighted by molar-refractivity contribution is 4.93. The molecule has 0 aliphatic heterocycles. The van der Waals surface area contributed by atoms with Gasteiger partial charge in [0.2, 0.25) is 0 Å². The molecule has 16 heavy (non-hydrogen) atoms. The average molecular weight is 224 g/mol. The van der Waals surface area contributed by atoms with E-state index in [4.69, 9.17) is 5.11 Å². The number of hydrogen-bond donors (Lipinski definition) is 2. The van der Waals surface area contributed by atoms with Gasteiger partial charge in [-0.3, -0.25) is 4.79 Å². The Hall–Kier alpha value is -1.13. The van der Waals surface area contributed by atoms with Crippen molar-refractivity contribution in [1.82, 2.24) is 9.88 Å². The number of nitrogens with zero attached hydrogens (tertiary/aromatic N) is 1. The van der Waals surface area contributed by atoms with Crippen LogP contribution in [0.15, 0.2) is 29.2 Å². The zero-order chi connectivity index (χ0) is 12.0. The maximum Gasteiger partial charge on any atom is 0.250 e. The molecule has 1 heterocycles. The summed E-state index contributed by atoms with van der Waals surface area (Å²) in [6.45, 7) is 5.56. The predicted octanol–water partition coefficient (Wildman–Crippen LogP) is 0.455. The smallest absolute Gasteiger partial charge is 0.250 e. The standard InChI is InChI=1S/C12H20N2O2/c1-10(2)11(9-15)13-6-8-14-7-4-3-5-12(14)16/h3-5,7,10-11,13,15H,6,8-9H2,1-2H3/t11-/m1/s1. The molecule has 0 spiro atoms. The summed E-state index contributed by atoms with van der Waals surface area (Å²) in [5, 5.41) is 12.4. The molecule has 0 aromatic carbocycles. The van der Waals surface area contributed by atoms with E-state index < -0.39 is 0 Å². The van der Waals surface area contributed by atoms with Crippen LogP contribution < -0.4 is 10.9 Å². The van der Waals surface area contributed by atoms with Crippen LogP contribution in [0.25, 0.3) is 0 Å². The van der Waals surface area contributed by atoms with Crippen molar-refractivity contribution in [2.75, 3.05) is 13.2 Å². The van der Waals surface area contributed by atoms with Crippen LogP contribution in [0.4, 0.5) is 0 Å². The molecule has 1 rings (SSSR count). The van der Waals surface area contributed by atoms with Gasteiger partial charge >= 0.3 is 0 Å². The van der Waals surface area contributed by atoms with Crippen LogP contribution in [0.1, 0.15) is 13.8 Å². The van der Waals surface area contributed by atoms with Crippen LogP contribution in [-0.4, -0.2) is 28.9 Å². The molecule has 0 aliphatic carbocycles. The first kappa shape index (κ1) is 12.9. The van der Waals surface area contributed by atoms with Crippen molar-refractivity contribution in [3.05, 3.63) is 34.7 Å². The molecule has 0 amide bonds. The lowest BCUT2D eigenvalue weighted by Gasteiger charge is -2.20. The Labute approximate surface area is 95.9 Å². The second-order valence-electron chi connectivity index (χ2n) is 4.22. The van der Waals surface area contributed by atoms with Crippen molar-refractivity contribution in [3.8, 4) is 0 Å². The molecule has 1 aromatic rings. The maximum atomic E-state index is 11.4. The topological polar surface area (TPSA) is 54.3 Å². The van der Waals surface area contributed by atoms with E-state index in [0.717, 1.165) is 0 Å². The maximum absolute atomic E-state index is 11.4. The fraction of sp³-hybridized carbons (Fsp3) is 0.583. The number of rotatable bonds is 6. The van der Waals surface area contributed by atoms with Crippen molar-refractivity contribution in [1.29, 1.82) is 0 Å². The Morgan fingerprint density at radius 1 is 1.44 bits per heavy atom. The molecule has 4 nitrogen and oxygen atoms in total. The molecule has 0 saturated carbocycles. The van der Waals surface area contributed by atoms with Gasteiger partial charge in [0.05, 0.1) is 6.61 Å². The fourth-order valence-corrected chi connectivity index (χ4v) is 1.53. The molecule has 0 radical (unpaired) electrons. The number of nitrogens with one attached hydrogen (secondary N) is 1. The number of aliphatic hydroxyl groups is 1. The summed E-state index contributed by atoms with van der Waals surface area (Å²) in [7, 11) is 0. The van der Waals surface area contributed by atoms with E-state index in [-0.39, 0.29) is 18.2 Å². The third-order valence-electron chi connectivity index (χ3n) is 2.66. The van der Waals surface area contributed by atoms with Gasteiger partial charge in [0, 0.05) is 31.4 Å². The molecule has 1 atom stereocenters. The molecule has 90 valence electrons. The SMILES string of the molecule is CC(C)[C@@H](CO)NCCn1ccccc1=O. The molecule has 0 saturated heterocycles. The second kappa shape index (κ2) is 6.45. The molecular formula is C12H20N2O2. The summed E-state index contributed by atoms with van der Waals surface area (Å²) in [6, 6.07) is 5.22. The number of pyridine rings is 1. The van der Waals surface area contributed by atoms with Gasteiger partial charge in [-0.1, -0.05) is 19.9 Å². The van der Waals surface area contributed by atoms with E-state index in [1.165, 1.54) is 0 Å². The van der Waals surface area contributed by atoms with E-state index in [2.05, 4.69) is 19.2 Å². The van der Waals surface area contributed by atoms with Gasteiger partial charge in [-0.2, -0.15) is 0 Å². The lowest BCUT2D eigenvalue weighted by molar-refractivity contribution is 0.210. The fourth-order valence-electron chi connectivity index (χ4n) is 1.53. The zero-order valence-corrected chi connectivity index (χ0v) is 9.89. The molecule has 2 N–H and O–H groups in total. The van der Waals surface area contributed by atoms with E-state index in [9.17, 15) is 4.79 Å². The average Bonchev–Trinajstić information content (AvgIpc) is 2.26. The van der Waals surface area contributed by atoms with E-state index in [1.807, 2.05) is 6.07 Å². The predicted molar refractivity (Wildman–Crippen MR) is 64.4 cm³/mol. The minimum atomic E-state index is 0.00870. The summed E-state index contributed by atoms with van der Waals surface area (Å²) in [5.74, 6) is 0.387. The molecule has 1 aromatic heterocycles. The summed E-state index contributed by atoms with van der Waals surface area (Å²) < 4.78 is 1.65. The minimum absolute atomic E-state index is 0.00870. The van der Waals surface area contributed by atoms with Gasteiger partial charge in [0.1, 0.15) is 0 Å². The Morgan fingerprint density at radius 3 is 2.75 bits per heavy atom. The van der Waals surface area contributed by atoms with Crippen LogP contribution in [0, 0.1) is 5.92 Å². The molecular weight excluding hydrogens is 204 g/mol. The highest BCUT2D eigenvalue weighted by Gasteiger charge is 2.10. The molecule has 0 aliphatic rings. The van der Waals surface area contributed by atoms with Gasteiger partial charge < -0.3 is 15.0 Å². The highest BCUT2D eigenvalue weighted by atomic mass is 16.3. The van der Waals surface area contributed by atoms with Crippen molar-refractivity contribution < 1.29 is 5.11 Å². The summed E-state index contributed by atoms with van der Waals surface area (Å²) in [6.07, 6.45) is 1.77. The molecule has 0 unspecified atom stereocenters. The van der Waals surface area contributed by atoms with E-state index in [0.29, 0.717) is 19.0 Å². The van der Waals surface area contributed by atoms with Crippen LogP contribution in [0.2, 0.25) is 0 Å². The van der Waals surface area contributed by atoms with Crippen molar-refractivity contribution in [2.45, 2.75) is 26.4 Å². The zero-order valence-electron chi connectivity index (χ0n) is 9.89. The summed E-state index contributed by atoms with van der Waals surface area (Å²) in [5.41, 5.74) is 0.00870. The summed E-state index contributed by atoms with van der Waals surface area (Å²) in [4.78, 5) is 11.4. The number of hydrogen-bond acceptors (Lipinski definition) is 3. The minimum Gasteiger partial charge on any atom is -0.395 e. The first-order valence-corrected chi connectivity index (χ1v) is 5.65. The van der Waals surface area contributed by atoms with E-state index >= 15 is 0 Å². The molecule has 4 heteroatoms. The van der Waals surface area contributed by atoms with Crippen molar-refractivity contribution >= 4 is 0 Å². The number of aromatic nitrogens is 1. The molecule has 0 bridgehead atoms. The van der Waals surface area contributed by atoms with Crippen LogP contribution in [-0.2, 0) is 6.54 Å². The molecule has 0 fully saturated rings. The quantitative estimate of drug-likeness (QED) is 0.738. The van der Waals surface area contributed by atoms with Gasteiger partial charge in [-0.05, 0) is 12.0 Å². The lowest BCUT2D eigenvalue weighted by atomic mass is 10.1. The van der Waals surface area contributed by atoms with Crippen molar-refractivity contribution in [3.63, 3.8) is 0 Å². The Balaban J connectivity index is 2.41. The Morgan fingerprint density at radius 2 is 2.19 bits per heavy atom. The Bertz CT molecular complexity index is 360. The first-order valence-electron chi connectivity index (χ1n) is 5.65. The van der Waals surface area contributed by atoms with E-state index in [1.54, 1.807) is 22.9 Å². The normalized spacial score (nSPS) is 13.0. The van der Waals surface area contributed by atoms with Gasteiger partial charge in [-0.15, -0.1) is 0 Å². The third kappa shape index (κ3) is 3.79. The largest absolute Gasteiger partial charge is 0.395 e. The lowest BCUT2D eigenvalue weighted by Crippen LogP contribution is -2.39. The Kier molecular flexibility index (Phi) is 5.22. The number of aliphatic hydroxyl groups excluding tert-OH is 1. The van der Waals surface area contributed by atoms with Gasteiger partial charge in [-0.25, -0.2) is 0 Å². The third-order valence-corrected chi connectivity index (χ3v) is 2.66. The van der Waals surface area contributed by atoms with Gasteiger partial charge in [0.25, 0.3) is 5.56 Å². The first-order chi connectivity index (χ1) is 7.65. The van der Waals surface area contributed by atoms with Crippen LogP contribution in [0.3, 0.4) is 0 Å². The van der Waals surface area contributed by atoms with Gasteiger partial charge in [0.15, 0.2) is 0 Å². The van der Waals surface area contributed by atoms with Crippen molar-refractivity contribution in [2.24, 2.45) is 5.92 Å². The monoisotopic (exact) mass is 224 g/mol. The van der Waals surface area contributed by atoms with Crippen LogP contribution >= 0.6 is 0 Å². The highest BCUT2D eigenvalue weighted by Crippen LogP contribution is 1.99.